The summed E-state index contributed by atoms with van der Waals surface area (Å²) in [6.45, 7) is 5.40. The van der Waals surface area contributed by atoms with Crippen LogP contribution in [-0.2, 0) is 32.6 Å². The Bertz CT molecular complexity index is 9890. The number of pyridine rings is 5. The number of nitrogens with one attached hydrogen (secondary N) is 7. The summed E-state index contributed by atoms with van der Waals surface area (Å²) in [6, 6.07) is 40.7. The number of furan rings is 3. The first-order valence-corrected chi connectivity index (χ1v) is 46.7. The number of imidazole rings is 2. The van der Waals surface area contributed by atoms with Crippen LogP contribution in [0, 0.1) is 42.9 Å². The van der Waals surface area contributed by atoms with Gasteiger partial charge < -0.3 is 96.5 Å². The Kier molecular flexibility index (Phi) is 23.6. The number of aryl methyl sites for hydroxylation is 2. The second-order valence-electron chi connectivity index (χ2n) is 35.2. The second kappa shape index (κ2) is 37.0. The summed E-state index contributed by atoms with van der Waals surface area (Å²) >= 11 is 19.0. The third-order valence-electron chi connectivity index (χ3n) is 26.4. The molecule has 1 saturated heterocycles. The monoisotopic (exact) mass is 2040 g/mol. The van der Waals surface area contributed by atoms with Gasteiger partial charge in [-0.1, -0.05) is 41.4 Å². The summed E-state index contributed by atoms with van der Waals surface area (Å²) in [5.41, 5.74) is 5.81. The molecule has 1 fully saturated rings. The number of nitrogens with zero attached hydrogens (tertiary/aromatic N) is 9. The van der Waals surface area contributed by atoms with Crippen LogP contribution in [0.2, 0.25) is 15.5 Å². The van der Waals surface area contributed by atoms with E-state index in [1.807, 2.05) is 49.4 Å². The van der Waals surface area contributed by atoms with E-state index >= 15 is 22.0 Å². The fourth-order valence-electron chi connectivity index (χ4n) is 20.0. The van der Waals surface area contributed by atoms with Gasteiger partial charge in [-0.15, -0.1) is 0 Å². The van der Waals surface area contributed by atoms with E-state index in [0.717, 1.165) is 71.6 Å². The van der Waals surface area contributed by atoms with Crippen molar-refractivity contribution in [2.24, 2.45) is 0 Å². The van der Waals surface area contributed by atoms with Gasteiger partial charge in [-0.2, -0.15) is 0 Å². The van der Waals surface area contributed by atoms with Gasteiger partial charge in [0.1, 0.15) is 85.3 Å². The minimum atomic E-state index is -1.43. The van der Waals surface area contributed by atoms with Crippen molar-refractivity contribution in [3.05, 3.63) is 360 Å². The molecule has 734 valence electrons. The Morgan fingerprint density at radius 3 is 1.38 bits per heavy atom. The molecular formula is C106H72Cl3F5N16O17. The summed E-state index contributed by atoms with van der Waals surface area (Å²) in [5, 5.41) is 44.7. The van der Waals surface area contributed by atoms with Crippen LogP contribution in [0.15, 0.2) is 239 Å². The number of halogens is 8. The number of ether oxygens (including phenoxy) is 1. The maximum Gasteiger partial charge on any atom is 0.353 e. The molecule has 147 heavy (non-hydrogen) atoms. The van der Waals surface area contributed by atoms with Crippen LogP contribution in [0.25, 0.3) is 165 Å². The molecule has 41 heteroatoms. The molecule has 0 unspecified atom stereocenters. The number of rotatable bonds is 17. The summed E-state index contributed by atoms with van der Waals surface area (Å²) < 4.78 is 104. The SMILES string of the molecule is Cc1ccc2cc(Cn3c(C(=O)O)c(-c4ccc[nH]c4=O)c4c5c(c(F)cc43)CCO5)c(Cl)nc2c1.Cc1nc2cc(F)c(Cn3c(C(=O)O)c(-c4ccc[nH]c4=O)c4c5occc5c(F)cc43)cc2c(=O)[nH]1.O=C(O)c1c(-c2ccc[nH]c2=O)c2c3occc3c(F)cc2n1Cc1cc2[nH]c(Cl)nc2cc1Cl.O=C(O)c1c(-c2ccc[nH]c2=O)c2c3occc3c(F)cc2n1Cc1ccc2nc(N3CCCCC3)[nH]c2c1. The Labute approximate surface area is 832 Å². The average molecular weight is 2040 g/mol. The number of anilines is 1. The smallest absolute Gasteiger partial charge is 0.353 e. The summed E-state index contributed by atoms with van der Waals surface area (Å²) in [6.07, 6.45) is 13.6. The highest BCUT2D eigenvalue weighted by Crippen LogP contribution is 2.49. The molecule has 0 radical (unpaired) electrons. The Morgan fingerprint density at radius 2 is 0.878 bits per heavy atom. The summed E-state index contributed by atoms with van der Waals surface area (Å²) in [5.74, 6) is -6.86. The number of hydrogen-bond acceptors (Lipinski definition) is 18. The van der Waals surface area contributed by atoms with E-state index in [1.165, 1.54) is 129 Å². The number of aromatic nitrogens is 15. The van der Waals surface area contributed by atoms with Gasteiger partial charge in [-0.3, -0.25) is 24.0 Å². The quantitative estimate of drug-likeness (QED) is 0.0298. The topological polar surface area (TPSA) is 468 Å². The third kappa shape index (κ3) is 16.4. The highest BCUT2D eigenvalue weighted by molar-refractivity contribution is 6.33. The minimum Gasteiger partial charge on any atom is -0.492 e. The zero-order valence-electron chi connectivity index (χ0n) is 76.5. The maximum atomic E-state index is 15.2. The number of aromatic carboxylic acids is 4. The molecule has 17 heterocycles. The first-order valence-electron chi connectivity index (χ1n) is 45.5. The molecule has 25 rings (SSSR count). The second-order valence-corrected chi connectivity index (χ2v) is 36.3. The number of carboxylic acids is 4. The van der Waals surface area contributed by atoms with Crippen molar-refractivity contribution in [3.63, 3.8) is 0 Å². The van der Waals surface area contributed by atoms with Gasteiger partial charge in [0, 0.05) is 113 Å². The first-order chi connectivity index (χ1) is 70.9. The van der Waals surface area contributed by atoms with Crippen molar-refractivity contribution in [2.45, 2.75) is 65.7 Å². The van der Waals surface area contributed by atoms with Crippen molar-refractivity contribution in [3.8, 4) is 50.3 Å². The normalized spacial score (nSPS) is 12.6. The standard InChI is InChI=1S/C29H24FN5O4.C27H19ClFN3O4.C26H16F2N4O5.C24H13Cl2FN4O4/c30-19-14-22-24(26-17(19)8-12-39-26)23(18-5-4-9-31-27(18)36)25(28(37)38)35(22)15-16-6-7-20-21(13-16)33-29(32-20)34-10-2-1-3-11-34;1-13-4-5-14-10-15(25(28)31-19(14)9-13)12-32-20-11-18(29)16-6-8-36-24(16)22(20)21(23(32)27(34)35)17-3-2-7-30-26(17)33;1-11-30-18-8-16(27)12(7-15(18)25(34)31-11)10-32-19-9-17(28)13-4-6-37-23(13)21(19)20(22(32)26(35)36)14-3-2-5-29-24(14)33;25-13-7-16-15(29-24(26)30-16)6-10(13)9-31-17-8-14(27)11-3-5-35-21(11)19(17)18(20(31)23(33)34)12-2-1-4-28-22(12)32/h4-9,12-14H,1-3,10-11,15H2,(H,31,36)(H,32,33)(H,37,38);2-5,7,9-11H,6,8,12H2,1H3,(H,30,33)(H,34,35);2-9H,10H2,1H3,(H,29,33)(H,35,36)(H,30,31,34);1-8H,9H2,(H,28,32)(H,29,30)(H,33,34). The van der Waals surface area contributed by atoms with Crippen LogP contribution in [-0.4, -0.2) is 137 Å². The zero-order valence-corrected chi connectivity index (χ0v) is 78.7. The lowest BCUT2D eigenvalue weighted by molar-refractivity contribution is 0.0676. The molecular weight excluding hydrogens is 1970 g/mol. The van der Waals surface area contributed by atoms with Crippen molar-refractivity contribution in [1.82, 2.24) is 73.1 Å². The van der Waals surface area contributed by atoms with Gasteiger partial charge in [0.15, 0.2) is 0 Å². The highest BCUT2D eigenvalue weighted by atomic mass is 35.5. The minimum absolute atomic E-state index is 0.000589. The van der Waals surface area contributed by atoms with Gasteiger partial charge >= 0.3 is 23.9 Å². The lowest BCUT2D eigenvalue weighted by atomic mass is 10.00. The Hall–Kier alpha value is -18.2. The number of carbonyl (C=O) groups is 4. The van der Waals surface area contributed by atoms with Crippen molar-refractivity contribution < 1.29 is 79.5 Å². The zero-order chi connectivity index (χ0) is 102. The largest absolute Gasteiger partial charge is 0.492 e. The number of aromatic amines is 7. The van der Waals surface area contributed by atoms with Crippen LogP contribution < -0.4 is 37.4 Å². The fraction of sp³-hybridized carbons (Fsp3) is 0.123. The highest BCUT2D eigenvalue weighted by Gasteiger charge is 2.37. The van der Waals surface area contributed by atoms with Crippen LogP contribution in [0.1, 0.15) is 100 Å². The molecule has 0 bridgehead atoms. The Balaban J connectivity index is 0.000000111. The van der Waals surface area contributed by atoms with Crippen molar-refractivity contribution >= 4 is 185 Å². The van der Waals surface area contributed by atoms with E-state index in [9.17, 15) is 63.6 Å². The molecule has 2 aliphatic rings. The lowest BCUT2D eigenvalue weighted by Gasteiger charge is -2.25. The molecule has 2 aliphatic heterocycles. The van der Waals surface area contributed by atoms with Gasteiger partial charge in [0.25, 0.3) is 27.8 Å². The molecule has 0 aliphatic carbocycles. The van der Waals surface area contributed by atoms with E-state index in [2.05, 4.69) is 54.7 Å². The lowest BCUT2D eigenvalue weighted by Crippen LogP contribution is -2.30. The maximum absolute atomic E-state index is 15.2. The van der Waals surface area contributed by atoms with Crippen molar-refractivity contribution in [2.75, 3.05) is 24.6 Å². The summed E-state index contributed by atoms with van der Waals surface area (Å²) in [7, 11) is 0. The Morgan fingerprint density at radius 1 is 0.408 bits per heavy atom. The van der Waals surface area contributed by atoms with E-state index in [4.69, 9.17) is 57.8 Å². The predicted molar refractivity (Wildman–Crippen MR) is 541 cm³/mol. The third-order valence-corrected chi connectivity index (χ3v) is 27.3. The van der Waals surface area contributed by atoms with E-state index < -0.39 is 80.8 Å². The van der Waals surface area contributed by atoms with E-state index in [-0.39, 0.29) is 182 Å². The molecule has 15 aromatic heterocycles. The molecule has 8 aromatic carbocycles. The molecule has 0 amide bonds. The van der Waals surface area contributed by atoms with E-state index in [1.54, 1.807) is 49.4 Å². The van der Waals surface area contributed by atoms with Crippen LogP contribution in [0.4, 0.5) is 27.9 Å². The van der Waals surface area contributed by atoms with Gasteiger partial charge in [0.05, 0.1) is 159 Å². The predicted octanol–water partition coefficient (Wildman–Crippen LogP) is 20.9. The van der Waals surface area contributed by atoms with Crippen molar-refractivity contribution in [1.29, 1.82) is 0 Å². The number of benzene rings is 8. The van der Waals surface area contributed by atoms with Crippen LogP contribution >= 0.6 is 34.8 Å². The molecule has 0 atom stereocenters. The van der Waals surface area contributed by atoms with Gasteiger partial charge in [-0.05, 0) is 195 Å². The molecule has 0 spiro atoms. The molecule has 33 nitrogen and oxygen atoms in total. The molecule has 23 aromatic rings. The number of hydrogen-bond donors (Lipinski definition) is 11. The molecule has 0 saturated carbocycles. The van der Waals surface area contributed by atoms with Crippen LogP contribution in [0.3, 0.4) is 0 Å². The summed E-state index contributed by atoms with van der Waals surface area (Å²) in [4.78, 5) is 153. The fourth-order valence-corrected chi connectivity index (χ4v) is 20.6. The number of fused-ring (bicyclic) bond motifs is 16. The first kappa shape index (κ1) is 93.8. The number of H-pyrrole nitrogens is 7. The van der Waals surface area contributed by atoms with Gasteiger partial charge in [0.2, 0.25) is 11.2 Å². The van der Waals surface area contributed by atoms with Crippen LogP contribution in [0.5, 0.6) is 5.75 Å². The average Bonchev–Trinajstić information content (AvgIpc) is 1.57. The van der Waals surface area contributed by atoms with Gasteiger partial charge in [-0.25, -0.2) is 61.1 Å². The number of piperidine rings is 1. The number of carboxylic acid groups (broad SMARTS) is 4. The van der Waals surface area contributed by atoms with E-state index in [0.29, 0.717) is 77.7 Å². The molecule has 11 N–H and O–H groups in total.